The smallest absolute Gasteiger partial charge is 0.304 e. The van der Waals surface area contributed by atoms with Crippen LogP contribution in [0.25, 0.3) is 11.1 Å². The number of hydrogen-bond acceptors (Lipinski definition) is 7. The number of carbonyl (C=O) groups excluding carboxylic acids is 1. The van der Waals surface area contributed by atoms with Crippen molar-refractivity contribution >= 4 is 43.5 Å². The lowest BCUT2D eigenvalue weighted by atomic mass is 9.98. The van der Waals surface area contributed by atoms with Gasteiger partial charge in [0.05, 0.1) is 17.1 Å². The third-order valence-electron chi connectivity index (χ3n) is 7.07. The molecule has 0 saturated carbocycles. The zero-order valence-corrected chi connectivity index (χ0v) is 27.2. The van der Waals surface area contributed by atoms with Crippen molar-refractivity contribution in [2.45, 2.75) is 51.0 Å². The largest absolute Gasteiger partial charge is 0.481 e. The van der Waals surface area contributed by atoms with Crippen molar-refractivity contribution in [2.24, 2.45) is 0 Å². The van der Waals surface area contributed by atoms with Gasteiger partial charge in [0.2, 0.25) is 26.0 Å². The summed E-state index contributed by atoms with van der Waals surface area (Å²) in [7, 11) is -7.82. The van der Waals surface area contributed by atoms with E-state index in [0.717, 1.165) is 22.3 Å². The molecule has 0 saturated heterocycles. The van der Waals surface area contributed by atoms with E-state index in [4.69, 9.17) is 16.7 Å². The van der Waals surface area contributed by atoms with Crippen LogP contribution in [0.15, 0.2) is 65.8 Å². The van der Waals surface area contributed by atoms with Gasteiger partial charge in [-0.1, -0.05) is 35.9 Å². The monoisotopic (exact) mass is 664 g/mol. The molecule has 3 N–H and O–H groups in total. The van der Waals surface area contributed by atoms with Gasteiger partial charge in [-0.05, 0) is 79.3 Å². The molecule has 1 heterocycles. The van der Waals surface area contributed by atoms with Gasteiger partial charge in [0.1, 0.15) is 0 Å². The summed E-state index contributed by atoms with van der Waals surface area (Å²) < 4.78 is 55.6. The van der Waals surface area contributed by atoms with E-state index in [1.807, 2.05) is 37.3 Å². The second-order valence-electron chi connectivity index (χ2n) is 10.3. The van der Waals surface area contributed by atoms with E-state index < -0.39 is 43.7 Å². The number of nitrogens with zero attached hydrogens (tertiary/aromatic N) is 2. The molecule has 44 heavy (non-hydrogen) atoms. The first kappa shape index (κ1) is 35.1. The normalized spacial score (nSPS) is 12.7. The van der Waals surface area contributed by atoms with Crippen molar-refractivity contribution in [3.05, 3.63) is 82.6 Å². The molecule has 11 nitrogen and oxygen atoms in total. The van der Waals surface area contributed by atoms with Crippen molar-refractivity contribution < 1.29 is 31.5 Å². The van der Waals surface area contributed by atoms with E-state index in [1.165, 1.54) is 10.4 Å². The number of carbonyl (C=O) groups is 2. The average molecular weight is 665 g/mol. The predicted molar refractivity (Wildman–Crippen MR) is 169 cm³/mol. The number of benzene rings is 2. The number of hydrogen-bond donors (Lipinski definition) is 3. The van der Waals surface area contributed by atoms with Gasteiger partial charge in [-0.3, -0.25) is 14.6 Å². The summed E-state index contributed by atoms with van der Waals surface area (Å²) in [6, 6.07) is 13.6. The Kier molecular flexibility index (Phi) is 12.4. The maximum atomic E-state index is 14.1. The van der Waals surface area contributed by atoms with Gasteiger partial charge >= 0.3 is 5.97 Å². The summed E-state index contributed by atoms with van der Waals surface area (Å²) in [4.78, 5) is 27.3. The van der Waals surface area contributed by atoms with E-state index in [0.29, 0.717) is 10.6 Å². The number of aromatic nitrogens is 1. The van der Waals surface area contributed by atoms with Crippen molar-refractivity contribution in [1.29, 1.82) is 0 Å². The summed E-state index contributed by atoms with van der Waals surface area (Å²) in [5.74, 6) is -1.99. The SMILES string of the molecule is Cc1cnccc1-c1cccc([C@H](C)N(CCCC(=O)NCCS(=O)(=O)NCCC(=O)O)S(=O)(=O)c2cccc(Cl)c2C)c1. The third-order valence-corrected chi connectivity index (χ3v) is 11.0. The Labute approximate surface area is 263 Å². The van der Waals surface area contributed by atoms with E-state index in [-0.39, 0.29) is 43.8 Å². The lowest BCUT2D eigenvalue weighted by Gasteiger charge is -2.30. The molecule has 14 heteroatoms. The fourth-order valence-corrected chi connectivity index (χ4v) is 7.71. The van der Waals surface area contributed by atoms with Crippen LogP contribution in [0.5, 0.6) is 0 Å². The Morgan fingerprint density at radius 2 is 1.75 bits per heavy atom. The van der Waals surface area contributed by atoms with Gasteiger partial charge in [0, 0.05) is 49.5 Å². The van der Waals surface area contributed by atoms with Crippen molar-refractivity contribution in [3.63, 3.8) is 0 Å². The van der Waals surface area contributed by atoms with Crippen LogP contribution in [0.4, 0.5) is 0 Å². The van der Waals surface area contributed by atoms with Crippen LogP contribution in [-0.4, -0.2) is 68.5 Å². The number of sulfonamides is 2. The average Bonchev–Trinajstić information content (AvgIpc) is 2.96. The number of aryl methyl sites for hydroxylation is 1. The Hall–Kier alpha value is -3.36. The topological polar surface area (TPSA) is 163 Å². The van der Waals surface area contributed by atoms with Gasteiger partial charge in [-0.15, -0.1) is 0 Å². The van der Waals surface area contributed by atoms with Crippen LogP contribution in [-0.2, 0) is 29.6 Å². The van der Waals surface area contributed by atoms with E-state index >= 15 is 0 Å². The number of carboxylic acids is 1. The maximum absolute atomic E-state index is 14.1. The number of rotatable bonds is 16. The molecule has 3 rings (SSSR count). The molecule has 1 aromatic heterocycles. The number of aliphatic carboxylic acids is 1. The summed E-state index contributed by atoms with van der Waals surface area (Å²) >= 11 is 6.28. The highest BCUT2D eigenvalue weighted by molar-refractivity contribution is 7.89. The molecule has 0 unspecified atom stereocenters. The molecule has 1 amide bonds. The molecule has 0 fully saturated rings. The fourth-order valence-electron chi connectivity index (χ4n) is 4.64. The van der Waals surface area contributed by atoms with Crippen LogP contribution in [0.2, 0.25) is 5.02 Å². The number of halogens is 1. The third kappa shape index (κ3) is 9.57. The van der Waals surface area contributed by atoms with Gasteiger partial charge < -0.3 is 10.4 Å². The highest BCUT2D eigenvalue weighted by Gasteiger charge is 2.31. The Balaban J connectivity index is 1.77. The molecular weight excluding hydrogens is 628 g/mol. The second kappa shape index (κ2) is 15.6. The molecule has 2 aromatic carbocycles. The zero-order valence-electron chi connectivity index (χ0n) is 24.8. The molecule has 0 aliphatic carbocycles. The number of nitrogens with one attached hydrogen (secondary N) is 2. The Morgan fingerprint density at radius 3 is 2.45 bits per heavy atom. The minimum Gasteiger partial charge on any atom is -0.481 e. The highest BCUT2D eigenvalue weighted by atomic mass is 35.5. The van der Waals surface area contributed by atoms with Gasteiger partial charge in [0.25, 0.3) is 0 Å². The van der Waals surface area contributed by atoms with E-state index in [9.17, 15) is 26.4 Å². The lowest BCUT2D eigenvalue weighted by molar-refractivity contribution is -0.136. The Morgan fingerprint density at radius 1 is 1.02 bits per heavy atom. The quantitative estimate of drug-likeness (QED) is 0.206. The first-order chi connectivity index (χ1) is 20.7. The fraction of sp³-hybridized carbons (Fsp3) is 0.367. The van der Waals surface area contributed by atoms with Crippen LogP contribution >= 0.6 is 11.6 Å². The molecule has 0 spiro atoms. The minimum atomic E-state index is -4.06. The molecule has 238 valence electrons. The van der Waals surface area contributed by atoms with Crippen LogP contribution in [0, 0.1) is 13.8 Å². The van der Waals surface area contributed by atoms with Crippen molar-refractivity contribution in [3.8, 4) is 11.1 Å². The summed E-state index contributed by atoms with van der Waals surface area (Å²) in [6.45, 7) is 4.97. The Bertz CT molecular complexity index is 1700. The van der Waals surface area contributed by atoms with Gasteiger partial charge in [-0.2, -0.15) is 4.31 Å². The molecule has 0 aliphatic rings. The van der Waals surface area contributed by atoms with Crippen molar-refractivity contribution in [2.75, 3.05) is 25.4 Å². The second-order valence-corrected chi connectivity index (χ2v) is 14.5. The van der Waals surface area contributed by atoms with Crippen LogP contribution in [0.1, 0.15) is 48.9 Å². The summed E-state index contributed by atoms with van der Waals surface area (Å²) in [5, 5.41) is 11.5. The zero-order chi connectivity index (χ0) is 32.5. The maximum Gasteiger partial charge on any atom is 0.304 e. The van der Waals surface area contributed by atoms with Crippen molar-refractivity contribution in [1.82, 2.24) is 19.3 Å². The van der Waals surface area contributed by atoms with Crippen LogP contribution < -0.4 is 10.0 Å². The molecule has 0 radical (unpaired) electrons. The van der Waals surface area contributed by atoms with Gasteiger partial charge in [-0.25, -0.2) is 21.6 Å². The number of carboxylic acid groups (broad SMARTS) is 1. The van der Waals surface area contributed by atoms with Gasteiger partial charge in [0.15, 0.2) is 0 Å². The number of amides is 1. The summed E-state index contributed by atoms with van der Waals surface area (Å²) in [5.41, 5.74) is 4.05. The lowest BCUT2D eigenvalue weighted by Crippen LogP contribution is -2.37. The molecular formula is C30H37ClN4O7S2. The van der Waals surface area contributed by atoms with Crippen LogP contribution in [0.3, 0.4) is 0 Å². The molecule has 0 bridgehead atoms. The van der Waals surface area contributed by atoms with E-state index in [2.05, 4.69) is 15.0 Å². The molecule has 0 aliphatic heterocycles. The standard InChI is InChI=1S/C30H37ClN4O7S2/c1-21-20-32-14-12-26(21)25-8-4-7-24(19-25)23(3)35(44(41,42)28-10-5-9-27(31)22(28)2)17-6-11-29(36)33-16-18-43(39,40)34-15-13-30(37)38/h4-5,7-10,12,14,19-20,23,34H,6,11,13,15-18H2,1-3H3,(H,33,36)(H,37,38)/t23-/m0/s1. The van der Waals surface area contributed by atoms with E-state index in [1.54, 1.807) is 38.4 Å². The summed E-state index contributed by atoms with van der Waals surface area (Å²) in [6.07, 6.45) is 3.23. The minimum absolute atomic E-state index is 0.0103. The first-order valence-corrected chi connectivity index (χ1v) is 17.4. The first-order valence-electron chi connectivity index (χ1n) is 14.0. The predicted octanol–water partition coefficient (Wildman–Crippen LogP) is 4.06. The molecule has 1 atom stereocenters. The highest BCUT2D eigenvalue weighted by Crippen LogP contribution is 2.33. The number of pyridine rings is 1. The molecule has 3 aromatic rings.